The van der Waals surface area contributed by atoms with Crippen LogP contribution in [0.2, 0.25) is 0 Å². The summed E-state index contributed by atoms with van der Waals surface area (Å²) in [4.78, 5) is 17.1. The SMILES string of the molecule is Cc1cn2cc(-c3cc4ccc(C5CCNCC5)cc4oc3=O)ccc2n1. The Bertz CT molecular complexity index is 1200. The average Bonchev–Trinajstić information content (AvgIpc) is 3.07. The van der Waals surface area contributed by atoms with E-state index in [1.54, 1.807) is 0 Å². The number of nitrogens with zero attached hydrogens (tertiary/aromatic N) is 2. The molecule has 4 aromatic rings. The van der Waals surface area contributed by atoms with Crippen LogP contribution in [0.4, 0.5) is 0 Å². The standard InChI is InChI=1S/C22H21N3O2/c1-14-12-25-13-18(4-5-21(25)24-14)19-10-17-3-2-16(11-20(17)27-22(19)26)15-6-8-23-9-7-15/h2-5,10-13,15,23H,6-9H2,1H3. The maximum Gasteiger partial charge on any atom is 0.344 e. The van der Waals surface area contributed by atoms with Gasteiger partial charge >= 0.3 is 5.63 Å². The van der Waals surface area contributed by atoms with Crippen LogP contribution in [0.3, 0.4) is 0 Å². The van der Waals surface area contributed by atoms with E-state index in [4.69, 9.17) is 4.42 Å². The number of nitrogens with one attached hydrogen (secondary N) is 1. The molecule has 4 heterocycles. The normalized spacial score (nSPS) is 15.6. The molecule has 1 fully saturated rings. The third-order valence-electron chi connectivity index (χ3n) is 5.45. The Balaban J connectivity index is 1.58. The summed E-state index contributed by atoms with van der Waals surface area (Å²) in [5, 5.41) is 4.34. The maximum absolute atomic E-state index is 12.7. The fourth-order valence-electron chi connectivity index (χ4n) is 4.02. The van der Waals surface area contributed by atoms with Crippen LogP contribution in [0.5, 0.6) is 0 Å². The highest BCUT2D eigenvalue weighted by molar-refractivity contribution is 5.82. The van der Waals surface area contributed by atoms with Crippen molar-refractivity contribution in [1.29, 1.82) is 0 Å². The minimum absolute atomic E-state index is 0.304. The number of fused-ring (bicyclic) bond motifs is 2. The molecule has 1 aliphatic rings. The summed E-state index contributed by atoms with van der Waals surface area (Å²) in [6.45, 7) is 4.04. The lowest BCUT2D eigenvalue weighted by molar-refractivity contribution is 0.460. The maximum atomic E-state index is 12.7. The van der Waals surface area contributed by atoms with Crippen molar-refractivity contribution >= 4 is 16.6 Å². The van der Waals surface area contributed by atoms with E-state index in [2.05, 4.69) is 22.4 Å². The monoisotopic (exact) mass is 359 g/mol. The molecule has 1 aromatic carbocycles. The first kappa shape index (κ1) is 16.3. The summed E-state index contributed by atoms with van der Waals surface area (Å²) in [5.41, 5.74) is 4.84. The molecule has 5 rings (SSSR count). The molecule has 1 saturated heterocycles. The van der Waals surface area contributed by atoms with Crippen molar-refractivity contribution in [2.75, 3.05) is 13.1 Å². The quantitative estimate of drug-likeness (QED) is 0.552. The summed E-state index contributed by atoms with van der Waals surface area (Å²) in [6, 6.07) is 12.1. The lowest BCUT2D eigenvalue weighted by Crippen LogP contribution is -2.26. The molecule has 1 N–H and O–H groups in total. The van der Waals surface area contributed by atoms with E-state index in [9.17, 15) is 4.79 Å². The molecule has 5 nitrogen and oxygen atoms in total. The molecular formula is C22H21N3O2. The number of aromatic nitrogens is 2. The third-order valence-corrected chi connectivity index (χ3v) is 5.45. The number of rotatable bonds is 2. The summed E-state index contributed by atoms with van der Waals surface area (Å²) in [5.74, 6) is 0.535. The topological polar surface area (TPSA) is 59.5 Å². The lowest BCUT2D eigenvalue weighted by atomic mass is 9.90. The second-order valence-electron chi connectivity index (χ2n) is 7.33. The van der Waals surface area contributed by atoms with Crippen molar-refractivity contribution in [3.8, 4) is 11.1 Å². The van der Waals surface area contributed by atoms with Gasteiger partial charge in [-0.1, -0.05) is 12.1 Å². The van der Waals surface area contributed by atoms with Crippen molar-refractivity contribution in [3.63, 3.8) is 0 Å². The Kier molecular flexibility index (Phi) is 3.83. The summed E-state index contributed by atoms with van der Waals surface area (Å²) < 4.78 is 7.64. The molecule has 0 bridgehead atoms. The minimum Gasteiger partial charge on any atom is -0.422 e. The Morgan fingerprint density at radius 3 is 2.81 bits per heavy atom. The van der Waals surface area contributed by atoms with Crippen LogP contribution in [-0.4, -0.2) is 22.5 Å². The van der Waals surface area contributed by atoms with Crippen molar-refractivity contribution in [2.45, 2.75) is 25.7 Å². The van der Waals surface area contributed by atoms with Gasteiger partial charge in [0.05, 0.1) is 11.3 Å². The predicted octanol–water partition coefficient (Wildman–Crippen LogP) is 3.88. The first-order valence-electron chi connectivity index (χ1n) is 9.42. The third kappa shape index (κ3) is 2.94. The van der Waals surface area contributed by atoms with E-state index in [1.807, 2.05) is 48.0 Å². The smallest absolute Gasteiger partial charge is 0.344 e. The first-order valence-corrected chi connectivity index (χ1v) is 9.42. The molecule has 27 heavy (non-hydrogen) atoms. The summed E-state index contributed by atoms with van der Waals surface area (Å²) in [7, 11) is 0. The molecule has 0 aliphatic carbocycles. The van der Waals surface area contributed by atoms with E-state index in [0.717, 1.165) is 48.2 Å². The molecule has 3 aromatic heterocycles. The number of hydrogen-bond acceptors (Lipinski definition) is 4. The van der Waals surface area contributed by atoms with Crippen LogP contribution in [0.1, 0.15) is 30.0 Å². The zero-order valence-corrected chi connectivity index (χ0v) is 15.2. The number of pyridine rings is 1. The molecule has 0 amide bonds. The lowest BCUT2D eigenvalue weighted by Gasteiger charge is -2.23. The number of imidazole rings is 1. The fraction of sp³-hybridized carbons (Fsp3) is 0.273. The second kappa shape index (κ2) is 6.35. The second-order valence-corrected chi connectivity index (χ2v) is 7.33. The minimum atomic E-state index is -0.304. The molecule has 0 atom stereocenters. The molecule has 5 heteroatoms. The van der Waals surface area contributed by atoms with Crippen molar-refractivity contribution in [1.82, 2.24) is 14.7 Å². The van der Waals surface area contributed by atoms with Gasteiger partial charge in [0.15, 0.2) is 0 Å². The van der Waals surface area contributed by atoms with Gasteiger partial charge in [0, 0.05) is 23.3 Å². The van der Waals surface area contributed by atoms with Crippen LogP contribution in [-0.2, 0) is 0 Å². The van der Waals surface area contributed by atoms with Crippen LogP contribution < -0.4 is 10.9 Å². The largest absolute Gasteiger partial charge is 0.422 e. The van der Waals surface area contributed by atoms with E-state index < -0.39 is 0 Å². The van der Waals surface area contributed by atoms with Crippen molar-refractivity contribution in [3.05, 3.63) is 70.5 Å². The van der Waals surface area contributed by atoms with Gasteiger partial charge < -0.3 is 14.1 Å². The Hall–Kier alpha value is -2.92. The number of piperidine rings is 1. The fourth-order valence-corrected chi connectivity index (χ4v) is 4.02. The van der Waals surface area contributed by atoms with Gasteiger partial charge in [0.2, 0.25) is 0 Å². The molecule has 0 spiro atoms. The summed E-state index contributed by atoms with van der Waals surface area (Å²) >= 11 is 0. The van der Waals surface area contributed by atoms with Gasteiger partial charge in [-0.15, -0.1) is 0 Å². The van der Waals surface area contributed by atoms with Crippen LogP contribution in [0.25, 0.3) is 27.7 Å². The highest BCUT2D eigenvalue weighted by atomic mass is 16.4. The summed E-state index contributed by atoms with van der Waals surface area (Å²) in [6.07, 6.45) is 6.12. The van der Waals surface area contributed by atoms with Gasteiger partial charge in [-0.2, -0.15) is 0 Å². The van der Waals surface area contributed by atoms with E-state index in [0.29, 0.717) is 17.1 Å². The Labute approximate surface area is 156 Å². The van der Waals surface area contributed by atoms with Crippen molar-refractivity contribution < 1.29 is 4.42 Å². The predicted molar refractivity (Wildman–Crippen MR) is 106 cm³/mol. The number of hydrogen-bond donors (Lipinski definition) is 1. The average molecular weight is 359 g/mol. The highest BCUT2D eigenvalue weighted by Gasteiger charge is 2.16. The zero-order chi connectivity index (χ0) is 18.4. The molecule has 136 valence electrons. The van der Waals surface area contributed by atoms with Gasteiger partial charge in [0.1, 0.15) is 11.2 Å². The van der Waals surface area contributed by atoms with E-state index in [1.165, 1.54) is 5.56 Å². The zero-order valence-electron chi connectivity index (χ0n) is 15.2. The first-order chi connectivity index (χ1) is 13.2. The van der Waals surface area contributed by atoms with Crippen LogP contribution >= 0.6 is 0 Å². The Morgan fingerprint density at radius 1 is 1.11 bits per heavy atom. The van der Waals surface area contributed by atoms with Gasteiger partial charge in [-0.25, -0.2) is 9.78 Å². The molecule has 0 unspecified atom stereocenters. The van der Waals surface area contributed by atoms with Crippen LogP contribution in [0, 0.1) is 6.92 Å². The van der Waals surface area contributed by atoms with E-state index in [-0.39, 0.29) is 5.63 Å². The van der Waals surface area contributed by atoms with E-state index >= 15 is 0 Å². The molecule has 0 radical (unpaired) electrons. The van der Waals surface area contributed by atoms with Crippen LogP contribution in [0.15, 0.2) is 58.0 Å². The Morgan fingerprint density at radius 2 is 1.96 bits per heavy atom. The van der Waals surface area contributed by atoms with Crippen molar-refractivity contribution in [2.24, 2.45) is 0 Å². The highest BCUT2D eigenvalue weighted by Crippen LogP contribution is 2.29. The van der Waals surface area contributed by atoms with Gasteiger partial charge in [-0.3, -0.25) is 0 Å². The van der Waals surface area contributed by atoms with Gasteiger partial charge in [-0.05, 0) is 68.6 Å². The number of aryl methyl sites for hydroxylation is 1. The van der Waals surface area contributed by atoms with Gasteiger partial charge in [0.25, 0.3) is 0 Å². The molecular weight excluding hydrogens is 338 g/mol. The number of benzene rings is 1. The molecule has 0 saturated carbocycles. The molecule has 1 aliphatic heterocycles.